The van der Waals surface area contributed by atoms with E-state index in [0.717, 1.165) is 39.6 Å². The number of nitrogens with zero attached hydrogens (tertiary/aromatic N) is 4. The Bertz CT molecular complexity index is 1430. The van der Waals surface area contributed by atoms with Crippen molar-refractivity contribution in [1.82, 2.24) is 14.7 Å². The van der Waals surface area contributed by atoms with Crippen molar-refractivity contribution in [2.24, 2.45) is 0 Å². The Kier molecular flexibility index (Phi) is 6.02. The van der Waals surface area contributed by atoms with Crippen LogP contribution in [0.15, 0.2) is 95.6 Å². The minimum atomic E-state index is 0.319. The van der Waals surface area contributed by atoms with Gasteiger partial charge in [-0.1, -0.05) is 65.8 Å². The minimum absolute atomic E-state index is 0.319. The summed E-state index contributed by atoms with van der Waals surface area (Å²) in [6.45, 7) is 2.69. The minimum Gasteiger partial charge on any atom is -0.369 e. The molecular weight excluding hydrogens is 424 g/mol. The summed E-state index contributed by atoms with van der Waals surface area (Å²) in [4.78, 5) is 4.92. The molecule has 2 heterocycles. The fourth-order valence-corrected chi connectivity index (χ4v) is 3.86. The summed E-state index contributed by atoms with van der Waals surface area (Å²) in [6, 6.07) is 29.5. The van der Waals surface area contributed by atoms with Gasteiger partial charge in [0.1, 0.15) is 23.9 Å². The topological polar surface area (TPSA) is 76.9 Å². The number of rotatable bonds is 7. The summed E-state index contributed by atoms with van der Waals surface area (Å²) >= 11 is 0. The van der Waals surface area contributed by atoms with E-state index >= 15 is 0 Å². The predicted octanol–water partition coefficient (Wildman–Crippen LogP) is 6.09. The fourth-order valence-electron chi connectivity index (χ4n) is 3.86. The van der Waals surface area contributed by atoms with Gasteiger partial charge in [-0.3, -0.25) is 0 Å². The maximum absolute atomic E-state index is 9.17. The molecule has 0 radical (unpaired) electrons. The predicted molar refractivity (Wildman–Crippen MR) is 129 cm³/mol. The Balaban J connectivity index is 1.53. The van der Waals surface area contributed by atoms with E-state index in [-0.39, 0.29) is 0 Å². The van der Waals surface area contributed by atoms with Crippen LogP contribution >= 0.6 is 0 Å². The van der Waals surface area contributed by atoms with Crippen molar-refractivity contribution in [2.75, 3.05) is 0 Å². The van der Waals surface area contributed by atoms with Gasteiger partial charge in [-0.05, 0) is 36.8 Å². The van der Waals surface area contributed by atoms with Crippen LogP contribution in [-0.2, 0) is 18.0 Å². The maximum atomic E-state index is 9.17. The molecule has 6 heteroatoms. The van der Waals surface area contributed by atoms with Crippen LogP contribution < -0.4 is 0 Å². The standard InChI is InChI=1S/C28H22N4O2/c1-20-27(28(31-34-20)23-10-6-3-7-11-23)25-17-32(24-14-12-21(16-29)13-15-24)26(30-25)19-33-18-22-8-4-2-5-9-22/h2-15,17H,18-19H2,1H3. The van der Waals surface area contributed by atoms with Crippen molar-refractivity contribution in [3.8, 4) is 34.3 Å². The highest BCUT2D eigenvalue weighted by molar-refractivity contribution is 5.80. The Morgan fingerprint density at radius 1 is 0.912 bits per heavy atom. The second kappa shape index (κ2) is 9.57. The van der Waals surface area contributed by atoms with Gasteiger partial charge in [-0.2, -0.15) is 5.26 Å². The van der Waals surface area contributed by atoms with Crippen molar-refractivity contribution in [3.05, 3.63) is 114 Å². The molecule has 0 bridgehead atoms. The van der Waals surface area contributed by atoms with Crippen LogP contribution in [0.3, 0.4) is 0 Å². The van der Waals surface area contributed by atoms with E-state index in [1.54, 1.807) is 12.1 Å². The SMILES string of the molecule is Cc1onc(-c2ccccc2)c1-c1cn(-c2ccc(C#N)cc2)c(COCc2ccccc2)n1. The third-order valence-corrected chi connectivity index (χ3v) is 5.56. The third kappa shape index (κ3) is 4.38. The first-order valence-electron chi connectivity index (χ1n) is 11.0. The number of benzene rings is 3. The maximum Gasteiger partial charge on any atom is 0.143 e. The highest BCUT2D eigenvalue weighted by atomic mass is 16.5. The molecule has 0 saturated heterocycles. The normalized spacial score (nSPS) is 10.8. The van der Waals surface area contributed by atoms with Gasteiger partial charge in [0, 0.05) is 17.4 Å². The molecule has 5 aromatic rings. The fraction of sp³-hybridized carbons (Fsp3) is 0.107. The van der Waals surface area contributed by atoms with E-state index in [0.29, 0.717) is 24.5 Å². The van der Waals surface area contributed by atoms with Crippen LogP contribution in [0, 0.1) is 18.3 Å². The van der Waals surface area contributed by atoms with E-state index in [9.17, 15) is 0 Å². The summed E-state index contributed by atoms with van der Waals surface area (Å²) in [6.07, 6.45) is 1.97. The van der Waals surface area contributed by atoms with Crippen molar-refractivity contribution in [2.45, 2.75) is 20.1 Å². The molecule has 0 amide bonds. The van der Waals surface area contributed by atoms with Crippen molar-refractivity contribution >= 4 is 0 Å². The zero-order chi connectivity index (χ0) is 23.3. The van der Waals surface area contributed by atoms with Gasteiger partial charge >= 0.3 is 0 Å². The molecule has 0 spiro atoms. The van der Waals surface area contributed by atoms with Gasteiger partial charge in [0.15, 0.2) is 0 Å². The average Bonchev–Trinajstić information content (AvgIpc) is 3.48. The molecule has 5 rings (SSSR count). The average molecular weight is 447 g/mol. The van der Waals surface area contributed by atoms with Gasteiger partial charge in [0.25, 0.3) is 0 Å². The second-order valence-electron chi connectivity index (χ2n) is 7.88. The lowest BCUT2D eigenvalue weighted by atomic mass is 10.0. The lowest BCUT2D eigenvalue weighted by molar-refractivity contribution is 0.101. The highest BCUT2D eigenvalue weighted by Crippen LogP contribution is 2.34. The molecule has 0 N–H and O–H groups in total. The monoisotopic (exact) mass is 446 g/mol. The van der Waals surface area contributed by atoms with Crippen molar-refractivity contribution < 1.29 is 9.26 Å². The molecular formula is C28H22N4O2. The van der Waals surface area contributed by atoms with E-state index < -0.39 is 0 Å². The molecule has 3 aromatic carbocycles. The molecule has 0 fully saturated rings. The number of aromatic nitrogens is 3. The summed E-state index contributed by atoms with van der Waals surface area (Å²) in [7, 11) is 0. The zero-order valence-corrected chi connectivity index (χ0v) is 18.7. The first-order chi connectivity index (χ1) is 16.7. The number of nitriles is 1. The highest BCUT2D eigenvalue weighted by Gasteiger charge is 2.21. The second-order valence-corrected chi connectivity index (χ2v) is 7.88. The first-order valence-corrected chi connectivity index (χ1v) is 11.0. The van der Waals surface area contributed by atoms with Crippen LogP contribution in [0.4, 0.5) is 0 Å². The van der Waals surface area contributed by atoms with Gasteiger partial charge in [0.05, 0.1) is 29.5 Å². The lowest BCUT2D eigenvalue weighted by Crippen LogP contribution is -2.03. The molecule has 0 aliphatic rings. The molecule has 2 aromatic heterocycles. The Morgan fingerprint density at radius 3 is 2.32 bits per heavy atom. The molecule has 34 heavy (non-hydrogen) atoms. The summed E-state index contributed by atoms with van der Waals surface area (Å²) in [5.41, 5.74) is 5.91. The van der Waals surface area contributed by atoms with E-state index in [4.69, 9.17) is 19.5 Å². The quantitative estimate of drug-likeness (QED) is 0.302. The number of imidazole rings is 1. The van der Waals surface area contributed by atoms with Gasteiger partial charge < -0.3 is 13.8 Å². The molecule has 0 atom stereocenters. The Hall–Kier alpha value is -4.47. The molecule has 6 nitrogen and oxygen atoms in total. The smallest absolute Gasteiger partial charge is 0.143 e. The largest absolute Gasteiger partial charge is 0.369 e. The van der Waals surface area contributed by atoms with E-state index in [2.05, 4.69) is 11.2 Å². The molecule has 0 unspecified atom stereocenters. The Morgan fingerprint density at radius 2 is 1.62 bits per heavy atom. The molecule has 0 aliphatic carbocycles. The van der Waals surface area contributed by atoms with Crippen molar-refractivity contribution in [3.63, 3.8) is 0 Å². The van der Waals surface area contributed by atoms with Crippen LogP contribution in [-0.4, -0.2) is 14.7 Å². The molecule has 0 aliphatic heterocycles. The third-order valence-electron chi connectivity index (χ3n) is 5.56. The number of ether oxygens (including phenoxy) is 1. The summed E-state index contributed by atoms with van der Waals surface area (Å²) in [5.74, 6) is 1.44. The molecule has 166 valence electrons. The first kappa shape index (κ1) is 21.4. The lowest BCUT2D eigenvalue weighted by Gasteiger charge is -2.08. The van der Waals surface area contributed by atoms with Crippen LogP contribution in [0.25, 0.3) is 28.2 Å². The number of hydrogen-bond donors (Lipinski definition) is 0. The number of hydrogen-bond acceptors (Lipinski definition) is 5. The van der Waals surface area contributed by atoms with Gasteiger partial charge in [-0.25, -0.2) is 4.98 Å². The Labute approximate surface area is 197 Å². The van der Waals surface area contributed by atoms with Crippen molar-refractivity contribution in [1.29, 1.82) is 5.26 Å². The summed E-state index contributed by atoms with van der Waals surface area (Å²) < 4.78 is 13.6. The van der Waals surface area contributed by atoms with Crippen LogP contribution in [0.5, 0.6) is 0 Å². The molecule has 0 saturated carbocycles. The van der Waals surface area contributed by atoms with Gasteiger partial charge in [-0.15, -0.1) is 0 Å². The van der Waals surface area contributed by atoms with Crippen LogP contribution in [0.2, 0.25) is 0 Å². The van der Waals surface area contributed by atoms with E-state index in [1.807, 2.05) is 90.5 Å². The van der Waals surface area contributed by atoms with E-state index in [1.165, 1.54) is 0 Å². The van der Waals surface area contributed by atoms with Gasteiger partial charge in [0.2, 0.25) is 0 Å². The summed E-state index contributed by atoms with van der Waals surface area (Å²) in [5, 5.41) is 13.5. The zero-order valence-electron chi connectivity index (χ0n) is 18.7. The number of aryl methyl sites for hydroxylation is 1. The van der Waals surface area contributed by atoms with Crippen LogP contribution in [0.1, 0.15) is 22.7 Å².